The Morgan fingerprint density at radius 1 is 1.22 bits per heavy atom. The Morgan fingerprint density at radius 3 is 2.63 bits per heavy atom. The fourth-order valence-electron chi connectivity index (χ4n) is 2.90. The van der Waals surface area contributed by atoms with Crippen LogP contribution in [0.3, 0.4) is 0 Å². The molecule has 0 unspecified atom stereocenters. The average molecular weight is 404 g/mol. The Balaban J connectivity index is 1.59. The van der Waals surface area contributed by atoms with Crippen LogP contribution in [0.4, 0.5) is 5.69 Å². The Hall–Kier alpha value is -2.37. The van der Waals surface area contributed by atoms with E-state index in [9.17, 15) is 9.59 Å². The minimum Gasteiger partial charge on any atom is -0.312 e. The molecule has 2 aromatic carbocycles. The molecule has 2 amide bonds. The number of carbonyl (C=O) groups is 2. The minimum absolute atomic E-state index is 0.0622. The van der Waals surface area contributed by atoms with Crippen molar-refractivity contribution in [1.82, 2.24) is 5.43 Å². The van der Waals surface area contributed by atoms with Crippen molar-refractivity contribution >= 4 is 46.9 Å². The number of halogens is 2. The van der Waals surface area contributed by atoms with E-state index in [1.54, 1.807) is 23.1 Å². The van der Waals surface area contributed by atoms with Crippen molar-refractivity contribution in [2.45, 2.75) is 19.8 Å². The third-order valence-electron chi connectivity index (χ3n) is 4.48. The summed E-state index contributed by atoms with van der Waals surface area (Å²) in [6, 6.07) is 12.9. The molecule has 0 spiro atoms. The monoisotopic (exact) mass is 403 g/mol. The number of hydrogen-bond donors (Lipinski definition) is 1. The number of nitrogens with zero attached hydrogens (tertiary/aromatic N) is 2. The molecule has 3 rings (SSSR count). The lowest BCUT2D eigenvalue weighted by Crippen LogP contribution is -2.30. The first kappa shape index (κ1) is 19.4. The molecule has 5 nitrogen and oxygen atoms in total. The molecule has 0 aromatic heterocycles. The third kappa shape index (κ3) is 4.67. The van der Waals surface area contributed by atoms with Crippen LogP contribution in [0.25, 0.3) is 0 Å². The molecule has 1 aliphatic heterocycles. The number of aryl methyl sites for hydroxylation is 1. The highest BCUT2D eigenvalue weighted by molar-refractivity contribution is 6.42. The summed E-state index contributed by atoms with van der Waals surface area (Å²) < 4.78 is 0. The van der Waals surface area contributed by atoms with Gasteiger partial charge in [-0.1, -0.05) is 48.3 Å². The Morgan fingerprint density at radius 2 is 1.96 bits per heavy atom. The second kappa shape index (κ2) is 8.55. The molecule has 0 aliphatic carbocycles. The van der Waals surface area contributed by atoms with Gasteiger partial charge in [-0.2, -0.15) is 5.10 Å². The summed E-state index contributed by atoms with van der Waals surface area (Å²) in [6.45, 7) is 2.42. The lowest BCUT2D eigenvalue weighted by atomic mass is 10.1. The van der Waals surface area contributed by atoms with Gasteiger partial charge in [0, 0.05) is 18.7 Å². The molecule has 140 valence electrons. The van der Waals surface area contributed by atoms with E-state index in [2.05, 4.69) is 17.5 Å². The molecule has 1 fully saturated rings. The first-order valence-electron chi connectivity index (χ1n) is 8.65. The van der Waals surface area contributed by atoms with Crippen molar-refractivity contribution in [3.63, 3.8) is 0 Å². The van der Waals surface area contributed by atoms with Crippen LogP contribution in [0.15, 0.2) is 47.6 Å². The standard InChI is InChI=1S/C20H19Cl2N3O2/c1-2-13-3-6-16(7-4-13)25-12-15(10-19(25)26)20(27)24-23-11-14-5-8-17(21)18(22)9-14/h3-9,11,15H,2,10,12H2,1H3,(H,24,27)/b23-11+/t15-/m0/s1. The number of amides is 2. The van der Waals surface area contributed by atoms with Gasteiger partial charge in [0.1, 0.15) is 0 Å². The molecule has 7 heteroatoms. The van der Waals surface area contributed by atoms with Crippen LogP contribution in [0, 0.1) is 5.92 Å². The molecule has 1 atom stereocenters. The third-order valence-corrected chi connectivity index (χ3v) is 5.22. The van der Waals surface area contributed by atoms with Crippen molar-refractivity contribution < 1.29 is 9.59 Å². The van der Waals surface area contributed by atoms with E-state index in [0.29, 0.717) is 22.2 Å². The van der Waals surface area contributed by atoms with Gasteiger partial charge in [-0.05, 0) is 41.8 Å². The van der Waals surface area contributed by atoms with Crippen LogP contribution in [0.1, 0.15) is 24.5 Å². The van der Waals surface area contributed by atoms with Gasteiger partial charge < -0.3 is 4.90 Å². The summed E-state index contributed by atoms with van der Waals surface area (Å²) in [6.07, 6.45) is 2.60. The fourth-order valence-corrected chi connectivity index (χ4v) is 3.21. The van der Waals surface area contributed by atoms with Gasteiger partial charge in [-0.3, -0.25) is 9.59 Å². The highest BCUT2D eigenvalue weighted by Gasteiger charge is 2.35. The predicted octanol–water partition coefficient (Wildman–Crippen LogP) is 4.06. The first-order chi connectivity index (χ1) is 13.0. The maximum Gasteiger partial charge on any atom is 0.245 e. The van der Waals surface area contributed by atoms with E-state index in [1.807, 2.05) is 24.3 Å². The van der Waals surface area contributed by atoms with Gasteiger partial charge in [-0.15, -0.1) is 0 Å². The van der Waals surface area contributed by atoms with Crippen LogP contribution in [0.5, 0.6) is 0 Å². The Bertz CT molecular complexity index is 881. The van der Waals surface area contributed by atoms with Gasteiger partial charge in [0.2, 0.25) is 11.8 Å². The smallest absolute Gasteiger partial charge is 0.245 e. The lowest BCUT2D eigenvalue weighted by molar-refractivity contribution is -0.126. The largest absolute Gasteiger partial charge is 0.312 e. The molecule has 0 saturated carbocycles. The molecular formula is C20H19Cl2N3O2. The van der Waals surface area contributed by atoms with Gasteiger partial charge >= 0.3 is 0 Å². The fraction of sp³-hybridized carbons (Fsp3) is 0.250. The molecule has 0 bridgehead atoms. The molecule has 0 radical (unpaired) electrons. The summed E-state index contributed by atoms with van der Waals surface area (Å²) >= 11 is 11.8. The van der Waals surface area contributed by atoms with Crippen molar-refractivity contribution in [1.29, 1.82) is 0 Å². The summed E-state index contributed by atoms with van der Waals surface area (Å²) in [5.41, 5.74) is 5.22. The SMILES string of the molecule is CCc1ccc(N2C[C@@H](C(=O)N/N=C/c3ccc(Cl)c(Cl)c3)CC2=O)cc1. The van der Waals surface area contributed by atoms with Gasteiger partial charge in [0.15, 0.2) is 0 Å². The first-order valence-corrected chi connectivity index (χ1v) is 9.40. The quantitative estimate of drug-likeness (QED) is 0.604. The van der Waals surface area contributed by atoms with Gasteiger partial charge in [-0.25, -0.2) is 5.43 Å². The van der Waals surface area contributed by atoms with E-state index >= 15 is 0 Å². The molecule has 1 saturated heterocycles. The second-order valence-electron chi connectivity index (χ2n) is 6.33. The molecule has 27 heavy (non-hydrogen) atoms. The molecular weight excluding hydrogens is 385 g/mol. The van der Waals surface area contributed by atoms with Gasteiger partial charge in [0.05, 0.1) is 22.2 Å². The number of hydrogen-bond acceptors (Lipinski definition) is 3. The second-order valence-corrected chi connectivity index (χ2v) is 7.15. The number of carbonyl (C=O) groups excluding carboxylic acids is 2. The van der Waals surface area contributed by atoms with Crippen LogP contribution in [-0.4, -0.2) is 24.6 Å². The number of hydrazone groups is 1. The van der Waals surface area contributed by atoms with Crippen LogP contribution in [-0.2, 0) is 16.0 Å². The van der Waals surface area contributed by atoms with E-state index in [4.69, 9.17) is 23.2 Å². The number of anilines is 1. The summed E-state index contributed by atoms with van der Waals surface area (Å²) in [7, 11) is 0. The van der Waals surface area contributed by atoms with E-state index in [-0.39, 0.29) is 18.2 Å². The van der Waals surface area contributed by atoms with Crippen LogP contribution >= 0.6 is 23.2 Å². The number of benzene rings is 2. The zero-order chi connectivity index (χ0) is 19.4. The summed E-state index contributed by atoms with van der Waals surface area (Å²) in [4.78, 5) is 26.3. The predicted molar refractivity (Wildman–Crippen MR) is 108 cm³/mol. The number of rotatable bonds is 5. The summed E-state index contributed by atoms with van der Waals surface area (Å²) in [5.74, 6) is -0.783. The van der Waals surface area contributed by atoms with Crippen LogP contribution < -0.4 is 10.3 Å². The molecule has 2 aromatic rings. The van der Waals surface area contributed by atoms with E-state index < -0.39 is 5.92 Å². The van der Waals surface area contributed by atoms with E-state index in [1.165, 1.54) is 11.8 Å². The normalized spacial score (nSPS) is 16.9. The number of nitrogens with one attached hydrogen (secondary N) is 1. The summed E-state index contributed by atoms with van der Waals surface area (Å²) in [5, 5.41) is 4.81. The lowest BCUT2D eigenvalue weighted by Gasteiger charge is -2.16. The molecule has 1 N–H and O–H groups in total. The zero-order valence-electron chi connectivity index (χ0n) is 14.8. The van der Waals surface area contributed by atoms with Crippen molar-refractivity contribution in [3.05, 3.63) is 63.6 Å². The minimum atomic E-state index is -0.436. The van der Waals surface area contributed by atoms with Crippen LogP contribution in [0.2, 0.25) is 10.0 Å². The van der Waals surface area contributed by atoms with Crippen molar-refractivity contribution in [3.8, 4) is 0 Å². The molecule has 1 aliphatic rings. The Labute approximate surface area is 168 Å². The Kier molecular flexibility index (Phi) is 6.14. The maximum absolute atomic E-state index is 12.3. The maximum atomic E-state index is 12.3. The topological polar surface area (TPSA) is 61.8 Å². The average Bonchev–Trinajstić information content (AvgIpc) is 3.06. The van der Waals surface area contributed by atoms with Crippen molar-refractivity contribution in [2.24, 2.45) is 11.0 Å². The van der Waals surface area contributed by atoms with E-state index in [0.717, 1.165) is 12.1 Å². The zero-order valence-corrected chi connectivity index (χ0v) is 16.3. The molecule has 1 heterocycles. The highest BCUT2D eigenvalue weighted by atomic mass is 35.5. The van der Waals surface area contributed by atoms with Gasteiger partial charge in [0.25, 0.3) is 0 Å². The van der Waals surface area contributed by atoms with Crippen molar-refractivity contribution in [2.75, 3.05) is 11.4 Å². The highest BCUT2D eigenvalue weighted by Crippen LogP contribution is 2.26.